The van der Waals surface area contributed by atoms with Crippen molar-refractivity contribution in [2.45, 2.75) is 91.5 Å². The Hall–Kier alpha value is -1.83. The number of ether oxygens (including phenoxy) is 1. The maximum atomic E-state index is 13.0. The van der Waals surface area contributed by atoms with Gasteiger partial charge in [0.15, 0.2) is 0 Å². The van der Waals surface area contributed by atoms with Gasteiger partial charge in [0, 0.05) is 17.7 Å². The minimum atomic E-state index is -1.20. The van der Waals surface area contributed by atoms with E-state index in [-0.39, 0.29) is 12.2 Å². The number of aryl methyl sites for hydroxylation is 1. The SMILES string of the molecule is C/C(=C\c1csc(C)n1)[C@@H]1C/C=C/CCCC[C@@H](O)[C@H](C)C(=O)C(C)(C)[C@@H](O)CC(=O)O1. The third-order valence-electron chi connectivity index (χ3n) is 6.25. The van der Waals surface area contributed by atoms with Crippen LogP contribution in [-0.2, 0) is 14.3 Å². The molecule has 0 amide bonds. The lowest BCUT2D eigenvalue weighted by atomic mass is 9.74. The molecule has 1 aromatic heterocycles. The van der Waals surface area contributed by atoms with Gasteiger partial charge in [0.05, 0.1) is 34.7 Å². The van der Waals surface area contributed by atoms with Crippen LogP contribution >= 0.6 is 11.3 Å². The molecule has 7 heteroatoms. The van der Waals surface area contributed by atoms with E-state index in [9.17, 15) is 19.8 Å². The summed E-state index contributed by atoms with van der Waals surface area (Å²) in [7, 11) is 0. The maximum Gasteiger partial charge on any atom is 0.309 e. The second-order valence-electron chi connectivity index (χ2n) is 9.31. The van der Waals surface area contributed by atoms with Gasteiger partial charge in [-0.15, -0.1) is 11.3 Å². The van der Waals surface area contributed by atoms with Gasteiger partial charge in [-0.05, 0) is 44.8 Å². The van der Waals surface area contributed by atoms with Crippen molar-refractivity contribution in [3.05, 3.63) is 33.8 Å². The van der Waals surface area contributed by atoms with Gasteiger partial charge in [-0.3, -0.25) is 9.59 Å². The molecule has 0 saturated carbocycles. The summed E-state index contributed by atoms with van der Waals surface area (Å²) in [6.07, 6.45) is 6.89. The molecule has 1 aromatic rings. The fourth-order valence-electron chi connectivity index (χ4n) is 3.85. The minimum Gasteiger partial charge on any atom is -0.457 e. The van der Waals surface area contributed by atoms with Crippen molar-refractivity contribution < 1.29 is 24.5 Å². The second-order valence-corrected chi connectivity index (χ2v) is 10.4. The highest BCUT2D eigenvalue weighted by Gasteiger charge is 2.41. The molecule has 6 nitrogen and oxygen atoms in total. The standard InChI is InChI=1S/C25H37NO5S/c1-16(13-19-15-32-18(3)26-19)21-12-10-8-6-7-9-11-20(27)17(2)24(30)25(4,5)22(28)14-23(29)31-21/h8,10,13,15,17,20-22,27-28H,6-7,9,11-12,14H2,1-5H3/b10-8+,16-13+/t17-,20+,21-,22-/m0/s1. The Kier molecular flexibility index (Phi) is 9.80. The first-order valence-electron chi connectivity index (χ1n) is 11.4. The molecule has 0 saturated heterocycles. The highest BCUT2D eigenvalue weighted by molar-refractivity contribution is 7.09. The van der Waals surface area contributed by atoms with Crippen LogP contribution in [0.4, 0.5) is 0 Å². The van der Waals surface area contributed by atoms with Crippen LogP contribution in [0.1, 0.15) is 76.9 Å². The molecule has 1 aliphatic rings. The molecule has 32 heavy (non-hydrogen) atoms. The van der Waals surface area contributed by atoms with Crippen LogP contribution in [0.25, 0.3) is 6.08 Å². The summed E-state index contributed by atoms with van der Waals surface area (Å²) < 4.78 is 5.74. The monoisotopic (exact) mass is 463 g/mol. The molecular formula is C25H37NO5S. The quantitative estimate of drug-likeness (QED) is 0.490. The van der Waals surface area contributed by atoms with E-state index in [2.05, 4.69) is 11.1 Å². The number of rotatable bonds is 2. The topological polar surface area (TPSA) is 96.7 Å². The van der Waals surface area contributed by atoms with Gasteiger partial charge in [-0.25, -0.2) is 4.98 Å². The number of carbonyl (C=O) groups is 2. The van der Waals surface area contributed by atoms with Crippen molar-refractivity contribution in [1.29, 1.82) is 0 Å². The molecule has 2 heterocycles. The van der Waals surface area contributed by atoms with Crippen molar-refractivity contribution in [3.63, 3.8) is 0 Å². The number of cyclic esters (lactones) is 1. The minimum absolute atomic E-state index is 0.246. The van der Waals surface area contributed by atoms with E-state index in [0.29, 0.717) is 12.8 Å². The fraction of sp³-hybridized carbons (Fsp3) is 0.640. The van der Waals surface area contributed by atoms with Gasteiger partial charge < -0.3 is 14.9 Å². The number of ketones is 1. The first-order chi connectivity index (χ1) is 15.0. The maximum absolute atomic E-state index is 13.0. The van der Waals surface area contributed by atoms with Crippen molar-refractivity contribution in [2.24, 2.45) is 11.3 Å². The van der Waals surface area contributed by atoms with E-state index in [0.717, 1.165) is 35.5 Å². The van der Waals surface area contributed by atoms with Gasteiger partial charge in [-0.1, -0.05) is 39.3 Å². The predicted molar refractivity (Wildman–Crippen MR) is 127 cm³/mol. The lowest BCUT2D eigenvalue weighted by Crippen LogP contribution is -2.44. The molecule has 0 fully saturated rings. The predicted octanol–water partition coefficient (Wildman–Crippen LogP) is 4.63. The van der Waals surface area contributed by atoms with Crippen LogP contribution in [0.3, 0.4) is 0 Å². The third-order valence-corrected chi connectivity index (χ3v) is 7.04. The Balaban J connectivity index is 2.24. The molecule has 0 radical (unpaired) electrons. The van der Waals surface area contributed by atoms with Crippen molar-refractivity contribution in [3.8, 4) is 0 Å². The summed E-state index contributed by atoms with van der Waals surface area (Å²) in [6, 6.07) is 0. The molecular weight excluding hydrogens is 426 g/mol. The molecule has 0 unspecified atom stereocenters. The molecule has 1 aliphatic heterocycles. The van der Waals surface area contributed by atoms with Crippen LogP contribution in [-0.4, -0.2) is 45.3 Å². The first-order valence-corrected chi connectivity index (χ1v) is 12.3. The lowest BCUT2D eigenvalue weighted by Gasteiger charge is -2.33. The summed E-state index contributed by atoms with van der Waals surface area (Å²) in [5.74, 6) is -1.42. The van der Waals surface area contributed by atoms with E-state index in [1.165, 1.54) is 0 Å². The molecule has 0 aromatic carbocycles. The normalized spacial score (nSPS) is 30.0. The van der Waals surface area contributed by atoms with Gasteiger partial charge in [0.25, 0.3) is 0 Å². The van der Waals surface area contributed by atoms with E-state index >= 15 is 0 Å². The number of aromatic nitrogens is 1. The Morgan fingerprint density at radius 2 is 1.97 bits per heavy atom. The van der Waals surface area contributed by atoms with Crippen LogP contribution < -0.4 is 0 Å². The number of allylic oxidation sites excluding steroid dienone is 1. The van der Waals surface area contributed by atoms with Crippen molar-refractivity contribution in [1.82, 2.24) is 4.98 Å². The molecule has 178 valence electrons. The van der Waals surface area contributed by atoms with E-state index < -0.39 is 35.6 Å². The molecule has 4 atom stereocenters. The van der Waals surface area contributed by atoms with Crippen LogP contribution in [0, 0.1) is 18.3 Å². The van der Waals surface area contributed by atoms with Gasteiger partial charge in [0.1, 0.15) is 11.9 Å². The number of hydrogen-bond acceptors (Lipinski definition) is 7. The summed E-state index contributed by atoms with van der Waals surface area (Å²) in [6.45, 7) is 8.78. The van der Waals surface area contributed by atoms with Gasteiger partial charge in [0.2, 0.25) is 0 Å². The van der Waals surface area contributed by atoms with Gasteiger partial charge in [-0.2, -0.15) is 0 Å². The molecule has 2 N–H and O–H groups in total. The summed E-state index contributed by atoms with van der Waals surface area (Å²) in [5, 5.41) is 24.1. The summed E-state index contributed by atoms with van der Waals surface area (Å²) >= 11 is 1.56. The number of esters is 1. The average molecular weight is 464 g/mol. The Morgan fingerprint density at radius 1 is 1.25 bits per heavy atom. The second kappa shape index (κ2) is 11.9. The lowest BCUT2D eigenvalue weighted by molar-refractivity contribution is -0.153. The number of hydrogen-bond donors (Lipinski definition) is 2. The highest BCUT2D eigenvalue weighted by Crippen LogP contribution is 2.31. The van der Waals surface area contributed by atoms with Crippen LogP contribution in [0.5, 0.6) is 0 Å². The summed E-state index contributed by atoms with van der Waals surface area (Å²) in [4.78, 5) is 30.1. The number of carbonyl (C=O) groups excluding carboxylic acids is 2. The number of nitrogens with zero attached hydrogens (tertiary/aromatic N) is 1. The zero-order chi connectivity index (χ0) is 23.9. The van der Waals surface area contributed by atoms with E-state index in [1.54, 1.807) is 32.1 Å². The third kappa shape index (κ3) is 7.36. The van der Waals surface area contributed by atoms with E-state index in [1.807, 2.05) is 31.4 Å². The molecule has 0 spiro atoms. The number of Topliss-reactive ketones (excluding diaryl/α,β-unsaturated/α-hetero) is 1. The fourth-order valence-corrected chi connectivity index (χ4v) is 4.42. The van der Waals surface area contributed by atoms with Crippen molar-refractivity contribution in [2.75, 3.05) is 0 Å². The molecule has 2 rings (SSSR count). The van der Waals surface area contributed by atoms with Crippen LogP contribution in [0.2, 0.25) is 0 Å². The number of aliphatic hydroxyl groups excluding tert-OH is 2. The zero-order valence-corrected chi connectivity index (χ0v) is 20.7. The molecule has 0 aliphatic carbocycles. The molecule has 0 bridgehead atoms. The zero-order valence-electron chi connectivity index (χ0n) is 19.8. The Bertz CT molecular complexity index is 841. The number of thiazole rings is 1. The Morgan fingerprint density at radius 3 is 2.62 bits per heavy atom. The summed E-state index contributed by atoms with van der Waals surface area (Å²) in [5.41, 5.74) is 0.530. The largest absolute Gasteiger partial charge is 0.457 e. The first kappa shape index (κ1) is 26.4. The number of aliphatic hydroxyl groups is 2. The van der Waals surface area contributed by atoms with E-state index in [4.69, 9.17) is 4.74 Å². The Labute approximate surface area is 195 Å². The average Bonchev–Trinajstić information content (AvgIpc) is 3.14. The van der Waals surface area contributed by atoms with Gasteiger partial charge >= 0.3 is 5.97 Å². The highest BCUT2D eigenvalue weighted by atomic mass is 32.1. The van der Waals surface area contributed by atoms with Crippen molar-refractivity contribution >= 4 is 29.2 Å². The smallest absolute Gasteiger partial charge is 0.309 e. The van der Waals surface area contributed by atoms with Crippen LogP contribution in [0.15, 0.2) is 23.1 Å².